The van der Waals surface area contributed by atoms with Gasteiger partial charge in [0.15, 0.2) is 5.96 Å². The smallest absolute Gasteiger partial charge is 0.326 e. The van der Waals surface area contributed by atoms with Gasteiger partial charge in [0.1, 0.15) is 6.04 Å². The topological polar surface area (TPSA) is 111 Å². The van der Waals surface area contributed by atoms with Gasteiger partial charge in [-0.25, -0.2) is 4.79 Å². The van der Waals surface area contributed by atoms with Crippen molar-refractivity contribution in [3.63, 3.8) is 0 Å². The molecular formula is C6H11N3O3. The summed E-state index contributed by atoms with van der Waals surface area (Å²) < 4.78 is 0. The summed E-state index contributed by atoms with van der Waals surface area (Å²) in [6, 6.07) is -0.850. The highest BCUT2D eigenvalue weighted by atomic mass is 16.4. The normalized spacial score (nSPS) is 28.9. The van der Waals surface area contributed by atoms with E-state index in [0.717, 1.165) is 0 Å². The summed E-state index contributed by atoms with van der Waals surface area (Å²) in [6.07, 6.45) is -0.565. The maximum absolute atomic E-state index is 10.6. The first kappa shape index (κ1) is 8.79. The molecule has 1 saturated heterocycles. The van der Waals surface area contributed by atoms with Crippen molar-refractivity contribution in [2.45, 2.75) is 18.6 Å². The third-order valence-corrected chi connectivity index (χ3v) is 1.87. The van der Waals surface area contributed by atoms with Crippen molar-refractivity contribution in [3.05, 3.63) is 0 Å². The molecule has 1 aliphatic heterocycles. The molecule has 68 valence electrons. The van der Waals surface area contributed by atoms with Crippen LogP contribution >= 0.6 is 0 Å². The van der Waals surface area contributed by atoms with Gasteiger partial charge >= 0.3 is 5.97 Å². The van der Waals surface area contributed by atoms with Gasteiger partial charge in [0.05, 0.1) is 6.10 Å². The first-order chi connectivity index (χ1) is 5.52. The van der Waals surface area contributed by atoms with E-state index in [4.69, 9.17) is 21.4 Å². The molecule has 0 radical (unpaired) electrons. The SMILES string of the molecule is N=C(N)N1C[C@H](O)C[C@@H]1C(=O)O. The Balaban J connectivity index is 2.72. The van der Waals surface area contributed by atoms with Gasteiger partial charge in [-0.2, -0.15) is 0 Å². The van der Waals surface area contributed by atoms with E-state index in [0.29, 0.717) is 0 Å². The molecule has 0 bridgehead atoms. The van der Waals surface area contributed by atoms with Gasteiger partial charge < -0.3 is 20.8 Å². The van der Waals surface area contributed by atoms with Crippen LogP contribution in [0.1, 0.15) is 6.42 Å². The zero-order valence-electron chi connectivity index (χ0n) is 6.40. The number of hydrogen-bond donors (Lipinski definition) is 4. The van der Waals surface area contributed by atoms with Gasteiger partial charge in [-0.05, 0) is 0 Å². The number of nitrogens with one attached hydrogen (secondary N) is 1. The lowest BCUT2D eigenvalue weighted by Crippen LogP contribution is -2.44. The Morgan fingerprint density at radius 2 is 2.25 bits per heavy atom. The van der Waals surface area contributed by atoms with Crippen molar-refractivity contribution in [1.82, 2.24) is 4.90 Å². The Hall–Kier alpha value is -1.30. The van der Waals surface area contributed by atoms with Crippen molar-refractivity contribution in [3.8, 4) is 0 Å². The highest BCUT2D eigenvalue weighted by Gasteiger charge is 2.36. The second kappa shape index (κ2) is 2.98. The molecule has 1 heterocycles. The quantitative estimate of drug-likeness (QED) is 0.282. The molecule has 0 aromatic rings. The molecule has 1 fully saturated rings. The van der Waals surface area contributed by atoms with Crippen LogP contribution in [0.4, 0.5) is 0 Å². The van der Waals surface area contributed by atoms with E-state index in [-0.39, 0.29) is 18.9 Å². The molecule has 0 aliphatic carbocycles. The van der Waals surface area contributed by atoms with Crippen LogP contribution in [0.15, 0.2) is 0 Å². The summed E-state index contributed by atoms with van der Waals surface area (Å²) in [6.45, 7) is 0.131. The van der Waals surface area contributed by atoms with Crippen LogP contribution in [0.5, 0.6) is 0 Å². The average Bonchev–Trinajstić information content (AvgIpc) is 2.31. The lowest BCUT2D eigenvalue weighted by Gasteiger charge is -2.20. The Labute approximate surface area is 69.1 Å². The number of carbonyl (C=O) groups is 1. The molecule has 0 amide bonds. The van der Waals surface area contributed by atoms with Crippen LogP contribution in [-0.4, -0.2) is 45.7 Å². The van der Waals surface area contributed by atoms with E-state index < -0.39 is 18.1 Å². The van der Waals surface area contributed by atoms with Gasteiger partial charge in [0.25, 0.3) is 0 Å². The number of aliphatic hydroxyl groups excluding tert-OH is 1. The second-order valence-electron chi connectivity index (χ2n) is 2.78. The lowest BCUT2D eigenvalue weighted by atomic mass is 10.2. The minimum Gasteiger partial charge on any atom is -0.480 e. The van der Waals surface area contributed by atoms with E-state index in [2.05, 4.69) is 0 Å². The number of nitrogens with two attached hydrogens (primary N) is 1. The summed E-state index contributed by atoms with van der Waals surface area (Å²) in [5.74, 6) is -1.36. The summed E-state index contributed by atoms with van der Waals surface area (Å²) in [7, 11) is 0. The standard InChI is InChI=1S/C6H11N3O3/c7-6(8)9-2-3(10)1-4(9)5(11)12/h3-4,10H,1-2H2,(H3,7,8)(H,11,12)/t3-,4-/m1/s1. The number of carboxylic acids is 1. The number of β-amino-alcohol motifs (C(OH)–C–C–N with tert-alkyl or cyclic N) is 1. The summed E-state index contributed by atoms with van der Waals surface area (Å²) >= 11 is 0. The van der Waals surface area contributed by atoms with E-state index in [9.17, 15) is 4.79 Å². The summed E-state index contributed by atoms with van der Waals surface area (Å²) in [5, 5.41) is 24.8. The number of rotatable bonds is 1. The molecule has 0 spiro atoms. The van der Waals surface area contributed by atoms with Gasteiger partial charge in [-0.3, -0.25) is 5.41 Å². The first-order valence-electron chi connectivity index (χ1n) is 3.54. The van der Waals surface area contributed by atoms with Crippen LogP contribution in [0.25, 0.3) is 0 Å². The van der Waals surface area contributed by atoms with Gasteiger partial charge in [0.2, 0.25) is 0 Å². The molecule has 1 aliphatic rings. The largest absolute Gasteiger partial charge is 0.480 e. The van der Waals surface area contributed by atoms with Crippen molar-refractivity contribution >= 4 is 11.9 Å². The van der Waals surface area contributed by atoms with Crippen LogP contribution < -0.4 is 5.73 Å². The molecule has 6 heteroatoms. The number of aliphatic carboxylic acids is 1. The molecule has 0 aromatic heterocycles. The number of carboxylic acid groups (broad SMARTS) is 1. The van der Waals surface area contributed by atoms with E-state index in [1.54, 1.807) is 0 Å². The molecule has 5 N–H and O–H groups in total. The van der Waals surface area contributed by atoms with Gasteiger partial charge in [0, 0.05) is 13.0 Å². The fourth-order valence-corrected chi connectivity index (χ4v) is 1.31. The molecule has 0 saturated carbocycles. The van der Waals surface area contributed by atoms with Crippen molar-refractivity contribution in [2.24, 2.45) is 5.73 Å². The van der Waals surface area contributed by atoms with Crippen molar-refractivity contribution in [1.29, 1.82) is 5.41 Å². The predicted octanol–water partition coefficient (Wildman–Crippen LogP) is -1.60. The highest BCUT2D eigenvalue weighted by molar-refractivity contribution is 5.83. The van der Waals surface area contributed by atoms with Crippen molar-refractivity contribution < 1.29 is 15.0 Å². The van der Waals surface area contributed by atoms with Crippen LogP contribution in [0.3, 0.4) is 0 Å². The molecule has 2 atom stereocenters. The third-order valence-electron chi connectivity index (χ3n) is 1.87. The van der Waals surface area contributed by atoms with Crippen LogP contribution in [0.2, 0.25) is 0 Å². The van der Waals surface area contributed by atoms with E-state index in [1.165, 1.54) is 4.90 Å². The number of guanidine groups is 1. The molecule has 0 unspecified atom stereocenters. The Morgan fingerprint density at radius 3 is 2.58 bits per heavy atom. The average molecular weight is 173 g/mol. The Kier molecular flexibility index (Phi) is 2.18. The third kappa shape index (κ3) is 1.48. The van der Waals surface area contributed by atoms with Crippen molar-refractivity contribution in [2.75, 3.05) is 6.54 Å². The van der Waals surface area contributed by atoms with E-state index >= 15 is 0 Å². The Bertz CT molecular complexity index is 196. The van der Waals surface area contributed by atoms with Gasteiger partial charge in [-0.1, -0.05) is 0 Å². The fourth-order valence-electron chi connectivity index (χ4n) is 1.31. The lowest BCUT2D eigenvalue weighted by molar-refractivity contribution is -0.141. The van der Waals surface area contributed by atoms with Crippen LogP contribution in [0, 0.1) is 5.41 Å². The molecule has 6 nitrogen and oxygen atoms in total. The summed E-state index contributed by atoms with van der Waals surface area (Å²) in [4.78, 5) is 11.7. The van der Waals surface area contributed by atoms with E-state index in [1.807, 2.05) is 0 Å². The summed E-state index contributed by atoms with van der Waals surface area (Å²) in [5.41, 5.74) is 5.12. The number of hydrogen-bond acceptors (Lipinski definition) is 3. The monoisotopic (exact) mass is 173 g/mol. The predicted molar refractivity (Wildman–Crippen MR) is 40.7 cm³/mol. The number of nitrogens with zero attached hydrogens (tertiary/aromatic N) is 1. The molecule has 0 aromatic carbocycles. The molecule has 12 heavy (non-hydrogen) atoms. The fraction of sp³-hybridized carbons (Fsp3) is 0.667. The zero-order valence-corrected chi connectivity index (χ0v) is 6.40. The zero-order chi connectivity index (χ0) is 9.30. The first-order valence-corrected chi connectivity index (χ1v) is 3.54. The maximum atomic E-state index is 10.6. The maximum Gasteiger partial charge on any atom is 0.326 e. The second-order valence-corrected chi connectivity index (χ2v) is 2.78. The number of aliphatic hydroxyl groups is 1. The van der Waals surface area contributed by atoms with Gasteiger partial charge in [-0.15, -0.1) is 0 Å². The highest BCUT2D eigenvalue weighted by Crippen LogP contribution is 2.16. The molecular weight excluding hydrogens is 162 g/mol. The molecule has 1 rings (SSSR count). The minimum absolute atomic E-state index is 0.131. The van der Waals surface area contributed by atoms with Crippen LogP contribution in [-0.2, 0) is 4.79 Å². The minimum atomic E-state index is -1.05. The Morgan fingerprint density at radius 1 is 1.67 bits per heavy atom. The number of likely N-dealkylation sites (tertiary alicyclic amines) is 1.